The molecular weight excluding hydrogens is 289 g/mol. The molecule has 0 fully saturated rings. The topological polar surface area (TPSA) is 22.1 Å². The van der Waals surface area contributed by atoms with E-state index in [1.807, 2.05) is 0 Å². The van der Waals surface area contributed by atoms with Crippen LogP contribution in [0.3, 0.4) is 0 Å². The molecule has 84 valence electrons. The molecule has 0 aliphatic carbocycles. The Kier molecular flexibility index (Phi) is 3.17. The van der Waals surface area contributed by atoms with Crippen molar-refractivity contribution in [2.45, 2.75) is 10.9 Å². The molecule has 0 aliphatic rings. The number of rotatable bonds is 3. The van der Waals surface area contributed by atoms with Crippen LogP contribution in [0.1, 0.15) is 0 Å². The minimum absolute atomic E-state index is 0.571. The molecule has 8 heteroatoms. The summed E-state index contributed by atoms with van der Waals surface area (Å²) >= 11 is 1.47. The van der Waals surface area contributed by atoms with Crippen LogP contribution in [0.15, 0.2) is 18.3 Å². The summed E-state index contributed by atoms with van der Waals surface area (Å²) < 4.78 is 65.5. The van der Waals surface area contributed by atoms with Crippen molar-refractivity contribution in [1.29, 1.82) is 0 Å². The van der Waals surface area contributed by atoms with Gasteiger partial charge in [-0.1, -0.05) is 0 Å². The smallest absolute Gasteiger partial charge is 0.426 e. The Morgan fingerprint density at radius 3 is 2.20 bits per heavy atom. The van der Waals surface area contributed by atoms with Crippen LogP contribution >= 0.6 is 15.9 Å². The maximum Gasteiger partial charge on any atom is 0.475 e. The van der Waals surface area contributed by atoms with Crippen LogP contribution in [-0.4, -0.2) is 15.9 Å². The van der Waals surface area contributed by atoms with Crippen LogP contribution in [0.2, 0.25) is 0 Å². The fraction of sp³-hybridized carbons (Fsp3) is 0.286. The molecule has 0 spiro atoms. The zero-order valence-corrected chi connectivity index (χ0v) is 8.44. The third-order valence-electron chi connectivity index (χ3n) is 1.28. The molecule has 0 aromatic carbocycles. The highest BCUT2D eigenvalue weighted by Crippen LogP contribution is 2.40. The number of alkyl halides is 5. The highest BCUT2D eigenvalue weighted by atomic mass is 79.9. The van der Waals surface area contributed by atoms with E-state index in [1.54, 1.807) is 0 Å². The summed E-state index contributed by atoms with van der Waals surface area (Å²) in [6.07, 6.45) is -4.17. The Bertz CT molecular complexity index is 336. The predicted octanol–water partition coefficient (Wildman–Crippen LogP) is 3.18. The lowest BCUT2D eigenvalue weighted by Crippen LogP contribution is -2.40. The molecule has 0 amide bonds. The molecule has 0 aliphatic heterocycles. The van der Waals surface area contributed by atoms with Gasteiger partial charge in [0.1, 0.15) is 5.75 Å². The zero-order valence-electron chi connectivity index (χ0n) is 6.86. The molecule has 0 radical (unpaired) electrons. The zero-order chi connectivity index (χ0) is 11.7. The molecule has 1 aromatic heterocycles. The molecule has 1 aromatic rings. The third-order valence-corrected chi connectivity index (χ3v) is 1.74. The number of ether oxygens (including phenoxy) is 1. The van der Waals surface area contributed by atoms with E-state index in [2.05, 4.69) is 9.72 Å². The Hall–Kier alpha value is -0.920. The summed E-state index contributed by atoms with van der Waals surface area (Å²) in [5, 5.41) is 0. The van der Waals surface area contributed by atoms with Crippen LogP contribution in [0.25, 0.3) is 0 Å². The first-order valence-electron chi connectivity index (χ1n) is 3.47. The molecule has 0 atom stereocenters. The van der Waals surface area contributed by atoms with Gasteiger partial charge in [-0.25, -0.2) is 4.98 Å². The van der Waals surface area contributed by atoms with Crippen molar-refractivity contribution >= 4 is 15.9 Å². The van der Waals surface area contributed by atoms with E-state index in [1.165, 1.54) is 15.9 Å². The monoisotopic (exact) mass is 291 g/mol. The highest BCUT2D eigenvalue weighted by Gasteiger charge is 2.57. The normalized spacial score (nSPS) is 12.7. The molecule has 0 saturated carbocycles. The van der Waals surface area contributed by atoms with Crippen LogP contribution in [0.5, 0.6) is 5.75 Å². The lowest BCUT2D eigenvalue weighted by molar-refractivity contribution is -0.266. The molecule has 1 rings (SSSR count). The van der Waals surface area contributed by atoms with E-state index < -0.39 is 22.6 Å². The maximum atomic E-state index is 12.6. The average molecular weight is 292 g/mol. The van der Waals surface area contributed by atoms with Gasteiger partial charge in [-0.3, -0.25) is 0 Å². The molecular formula is C7H3BrF5NO. The summed E-state index contributed by atoms with van der Waals surface area (Å²) in [4.78, 5) is -1.56. The number of aromatic nitrogens is 1. The van der Waals surface area contributed by atoms with E-state index in [4.69, 9.17) is 0 Å². The van der Waals surface area contributed by atoms with Gasteiger partial charge in [-0.2, -0.15) is 22.0 Å². The number of pyridine rings is 1. The van der Waals surface area contributed by atoms with Crippen molar-refractivity contribution in [3.63, 3.8) is 0 Å². The van der Waals surface area contributed by atoms with Crippen molar-refractivity contribution in [2.75, 3.05) is 0 Å². The Morgan fingerprint density at radius 2 is 1.80 bits per heavy atom. The van der Waals surface area contributed by atoms with Crippen LogP contribution < -0.4 is 4.74 Å². The predicted molar refractivity (Wildman–Crippen MR) is 43.6 cm³/mol. The SMILES string of the molecule is Fc1ccc(OC(F)(F)C(F)(F)Br)cn1. The van der Waals surface area contributed by atoms with Crippen molar-refractivity contribution in [1.82, 2.24) is 4.98 Å². The number of hydrogen-bond acceptors (Lipinski definition) is 2. The van der Waals surface area contributed by atoms with Gasteiger partial charge in [-0.15, -0.1) is 0 Å². The summed E-state index contributed by atoms with van der Waals surface area (Å²) in [6, 6.07) is 1.47. The van der Waals surface area contributed by atoms with Gasteiger partial charge < -0.3 is 4.74 Å². The van der Waals surface area contributed by atoms with E-state index >= 15 is 0 Å². The third kappa shape index (κ3) is 3.01. The van der Waals surface area contributed by atoms with Crippen molar-refractivity contribution in [3.05, 3.63) is 24.3 Å². The highest BCUT2D eigenvalue weighted by molar-refractivity contribution is 9.10. The molecule has 0 N–H and O–H groups in total. The first-order chi connectivity index (χ1) is 6.72. The molecule has 1 heterocycles. The van der Waals surface area contributed by atoms with Crippen molar-refractivity contribution in [2.24, 2.45) is 0 Å². The summed E-state index contributed by atoms with van der Waals surface area (Å²) in [6.45, 7) is 0. The van der Waals surface area contributed by atoms with Gasteiger partial charge in [0.2, 0.25) is 5.95 Å². The number of hydrogen-bond donors (Lipinski definition) is 0. The van der Waals surface area contributed by atoms with Gasteiger partial charge in [-0.05, 0) is 12.1 Å². The Balaban J connectivity index is 2.82. The van der Waals surface area contributed by atoms with Crippen LogP contribution in [0, 0.1) is 5.95 Å². The van der Waals surface area contributed by atoms with Crippen LogP contribution in [0.4, 0.5) is 22.0 Å². The van der Waals surface area contributed by atoms with Crippen LogP contribution in [-0.2, 0) is 0 Å². The van der Waals surface area contributed by atoms with Crippen molar-refractivity contribution in [3.8, 4) is 5.75 Å². The maximum absolute atomic E-state index is 12.6. The van der Waals surface area contributed by atoms with E-state index in [-0.39, 0.29) is 0 Å². The first-order valence-corrected chi connectivity index (χ1v) is 4.27. The van der Waals surface area contributed by atoms with Gasteiger partial charge in [0.15, 0.2) is 0 Å². The Labute approximate surface area is 89.2 Å². The minimum Gasteiger partial charge on any atom is -0.426 e. The number of nitrogens with zero attached hydrogens (tertiary/aromatic N) is 1. The summed E-state index contributed by atoms with van der Waals surface area (Å²) in [5.41, 5.74) is 0. The lowest BCUT2D eigenvalue weighted by Gasteiger charge is -2.21. The van der Waals surface area contributed by atoms with Gasteiger partial charge in [0, 0.05) is 15.9 Å². The number of halogens is 6. The lowest BCUT2D eigenvalue weighted by atomic mass is 10.4. The second-order valence-corrected chi connectivity index (χ2v) is 3.43. The van der Waals surface area contributed by atoms with E-state index in [0.717, 1.165) is 6.07 Å². The summed E-state index contributed by atoms with van der Waals surface area (Å²) in [5.74, 6) is -1.60. The molecule has 0 bridgehead atoms. The second-order valence-electron chi connectivity index (χ2n) is 2.43. The van der Waals surface area contributed by atoms with E-state index in [0.29, 0.717) is 12.3 Å². The average Bonchev–Trinajstić information content (AvgIpc) is 2.06. The van der Waals surface area contributed by atoms with Gasteiger partial charge >= 0.3 is 10.9 Å². The van der Waals surface area contributed by atoms with Gasteiger partial charge in [0.25, 0.3) is 0 Å². The molecule has 0 saturated heterocycles. The van der Waals surface area contributed by atoms with E-state index in [9.17, 15) is 22.0 Å². The second kappa shape index (κ2) is 3.92. The first kappa shape index (κ1) is 12.2. The fourth-order valence-electron chi connectivity index (χ4n) is 0.628. The molecule has 2 nitrogen and oxygen atoms in total. The standard InChI is InChI=1S/C7H3BrF5NO/c8-6(10,11)7(12,13)15-4-1-2-5(9)14-3-4/h1-3H. The molecule has 15 heavy (non-hydrogen) atoms. The quantitative estimate of drug-likeness (QED) is 0.485. The Morgan fingerprint density at radius 1 is 1.20 bits per heavy atom. The van der Waals surface area contributed by atoms with Crippen molar-refractivity contribution < 1.29 is 26.7 Å². The molecule has 0 unspecified atom stereocenters. The minimum atomic E-state index is -4.74. The largest absolute Gasteiger partial charge is 0.475 e. The fourth-order valence-corrected chi connectivity index (χ4v) is 0.709. The van der Waals surface area contributed by atoms with Gasteiger partial charge in [0.05, 0.1) is 6.20 Å². The summed E-state index contributed by atoms with van der Waals surface area (Å²) in [7, 11) is 0.